The molecular weight excluding hydrogens is 290 g/mol. The summed E-state index contributed by atoms with van der Waals surface area (Å²) in [6.07, 6.45) is 1.70. The van der Waals surface area contributed by atoms with E-state index in [2.05, 4.69) is 0 Å². The Morgan fingerprint density at radius 2 is 2.10 bits per heavy atom. The van der Waals surface area contributed by atoms with E-state index in [0.717, 1.165) is 20.0 Å². The number of thiophene rings is 2. The molecule has 0 saturated carbocycles. The summed E-state index contributed by atoms with van der Waals surface area (Å²) in [6.45, 7) is 4.02. The second-order valence-electron chi connectivity index (χ2n) is 4.70. The van der Waals surface area contributed by atoms with Gasteiger partial charge >= 0.3 is 0 Å². The summed E-state index contributed by atoms with van der Waals surface area (Å²) >= 11 is 3.14. The minimum atomic E-state index is -0.0956. The lowest BCUT2D eigenvalue weighted by molar-refractivity contribution is 0.0971. The molecule has 0 amide bonds. The standard InChI is InChI=1S/C15H13NO2S2/c1-9-7-12(10(2)20-9)13(17)8-16-5-3-14-11(15(16)18)4-6-19-14/h3-7H,8H2,1-2H3. The highest BCUT2D eigenvalue weighted by Gasteiger charge is 2.14. The summed E-state index contributed by atoms with van der Waals surface area (Å²) in [7, 11) is 0. The summed E-state index contributed by atoms with van der Waals surface area (Å²) in [5, 5.41) is 2.58. The molecule has 3 rings (SSSR count). The van der Waals surface area contributed by atoms with Crippen LogP contribution in [-0.4, -0.2) is 10.4 Å². The van der Waals surface area contributed by atoms with Gasteiger partial charge in [-0.25, -0.2) is 0 Å². The maximum Gasteiger partial charge on any atom is 0.259 e. The van der Waals surface area contributed by atoms with Crippen LogP contribution in [0.15, 0.2) is 34.6 Å². The molecule has 0 saturated heterocycles. The van der Waals surface area contributed by atoms with E-state index in [1.54, 1.807) is 17.5 Å². The Bertz CT molecular complexity index is 854. The number of rotatable bonds is 3. The third-order valence-corrected chi connectivity index (χ3v) is 5.10. The average Bonchev–Trinajstić information content (AvgIpc) is 2.99. The summed E-state index contributed by atoms with van der Waals surface area (Å²) in [6, 6.07) is 5.60. The number of Topliss-reactive ketones (excluding diaryl/α,β-unsaturated/α-hetero) is 1. The van der Waals surface area contributed by atoms with E-state index in [1.165, 1.54) is 15.9 Å². The van der Waals surface area contributed by atoms with Gasteiger partial charge in [0.15, 0.2) is 5.78 Å². The molecule has 0 aliphatic carbocycles. The van der Waals surface area contributed by atoms with Gasteiger partial charge in [-0.05, 0) is 37.4 Å². The second kappa shape index (κ2) is 5.00. The quantitative estimate of drug-likeness (QED) is 0.693. The lowest BCUT2D eigenvalue weighted by Gasteiger charge is -2.04. The molecule has 3 nitrogen and oxygen atoms in total. The van der Waals surface area contributed by atoms with Crippen molar-refractivity contribution in [2.75, 3.05) is 0 Å². The van der Waals surface area contributed by atoms with Gasteiger partial charge in [0.05, 0.1) is 11.9 Å². The molecule has 3 aromatic heterocycles. The van der Waals surface area contributed by atoms with Gasteiger partial charge in [-0.15, -0.1) is 22.7 Å². The molecule has 20 heavy (non-hydrogen) atoms. The van der Waals surface area contributed by atoms with E-state index in [4.69, 9.17) is 0 Å². The Hall–Kier alpha value is -1.72. The zero-order chi connectivity index (χ0) is 14.3. The van der Waals surface area contributed by atoms with E-state index in [1.807, 2.05) is 37.4 Å². The fourth-order valence-corrected chi connectivity index (χ4v) is 3.99. The predicted molar refractivity (Wildman–Crippen MR) is 84.2 cm³/mol. The Kier molecular flexibility index (Phi) is 3.31. The first-order valence-electron chi connectivity index (χ1n) is 6.23. The lowest BCUT2D eigenvalue weighted by Crippen LogP contribution is -2.23. The van der Waals surface area contributed by atoms with Crippen molar-refractivity contribution < 1.29 is 4.79 Å². The fourth-order valence-electron chi connectivity index (χ4n) is 2.28. The monoisotopic (exact) mass is 303 g/mol. The molecule has 0 aliphatic rings. The Balaban J connectivity index is 1.97. The third-order valence-electron chi connectivity index (χ3n) is 3.25. The predicted octanol–water partition coefficient (Wildman–Crippen LogP) is 3.62. The number of carbonyl (C=O) groups is 1. The van der Waals surface area contributed by atoms with Gasteiger partial charge in [0, 0.05) is 26.2 Å². The van der Waals surface area contributed by atoms with E-state index >= 15 is 0 Å². The van der Waals surface area contributed by atoms with E-state index in [9.17, 15) is 9.59 Å². The molecule has 0 fully saturated rings. The first kappa shape index (κ1) is 13.3. The van der Waals surface area contributed by atoms with Crippen LogP contribution in [0.1, 0.15) is 20.1 Å². The topological polar surface area (TPSA) is 39.1 Å². The smallest absolute Gasteiger partial charge is 0.259 e. The number of nitrogens with zero attached hydrogens (tertiary/aromatic N) is 1. The second-order valence-corrected chi connectivity index (χ2v) is 7.11. The molecule has 0 aliphatic heterocycles. The van der Waals surface area contributed by atoms with E-state index < -0.39 is 0 Å². The van der Waals surface area contributed by atoms with Crippen LogP contribution < -0.4 is 5.56 Å². The zero-order valence-corrected chi connectivity index (χ0v) is 12.8. The number of ketones is 1. The van der Waals surface area contributed by atoms with Crippen LogP contribution in [0.2, 0.25) is 0 Å². The highest BCUT2D eigenvalue weighted by molar-refractivity contribution is 7.17. The number of hydrogen-bond acceptors (Lipinski definition) is 4. The number of aromatic nitrogens is 1. The Labute approximate surface area is 124 Å². The van der Waals surface area contributed by atoms with Gasteiger partial charge in [0.25, 0.3) is 5.56 Å². The van der Waals surface area contributed by atoms with Crippen molar-refractivity contribution in [2.24, 2.45) is 0 Å². The average molecular weight is 303 g/mol. The van der Waals surface area contributed by atoms with Crippen LogP contribution >= 0.6 is 22.7 Å². The molecular formula is C15H13NO2S2. The molecule has 0 spiro atoms. The minimum Gasteiger partial charge on any atom is -0.307 e. The highest BCUT2D eigenvalue weighted by Crippen LogP contribution is 2.21. The molecule has 102 valence electrons. The SMILES string of the molecule is Cc1cc(C(=O)Cn2ccc3sccc3c2=O)c(C)s1. The number of hydrogen-bond donors (Lipinski definition) is 0. The lowest BCUT2D eigenvalue weighted by atomic mass is 10.1. The summed E-state index contributed by atoms with van der Waals surface area (Å²) < 4.78 is 2.45. The van der Waals surface area contributed by atoms with Gasteiger partial charge in [-0.3, -0.25) is 9.59 Å². The van der Waals surface area contributed by atoms with Gasteiger partial charge in [0.1, 0.15) is 0 Å². The van der Waals surface area contributed by atoms with Crippen molar-refractivity contribution in [1.82, 2.24) is 4.57 Å². The molecule has 3 aromatic rings. The Morgan fingerprint density at radius 1 is 1.30 bits per heavy atom. The highest BCUT2D eigenvalue weighted by atomic mass is 32.1. The molecule has 0 bridgehead atoms. The molecule has 3 heterocycles. The molecule has 0 N–H and O–H groups in total. The third kappa shape index (κ3) is 2.23. The van der Waals surface area contributed by atoms with Crippen LogP contribution in [0.5, 0.6) is 0 Å². The fraction of sp³-hybridized carbons (Fsp3) is 0.200. The number of carbonyl (C=O) groups excluding carboxylic acids is 1. The van der Waals surface area contributed by atoms with Crippen molar-refractivity contribution in [3.63, 3.8) is 0 Å². The van der Waals surface area contributed by atoms with Crippen LogP contribution in [0.25, 0.3) is 10.1 Å². The summed E-state index contributed by atoms with van der Waals surface area (Å²) in [4.78, 5) is 26.7. The van der Waals surface area contributed by atoms with Crippen LogP contribution in [-0.2, 0) is 6.54 Å². The van der Waals surface area contributed by atoms with E-state index in [0.29, 0.717) is 5.39 Å². The molecule has 0 unspecified atom stereocenters. The van der Waals surface area contributed by atoms with Crippen molar-refractivity contribution in [2.45, 2.75) is 20.4 Å². The molecule has 0 atom stereocenters. The van der Waals surface area contributed by atoms with Crippen LogP contribution in [0, 0.1) is 13.8 Å². The summed E-state index contributed by atoms with van der Waals surface area (Å²) in [5.41, 5.74) is 0.631. The molecule has 0 aromatic carbocycles. The van der Waals surface area contributed by atoms with Crippen molar-refractivity contribution in [3.05, 3.63) is 55.4 Å². The zero-order valence-electron chi connectivity index (χ0n) is 11.2. The minimum absolute atomic E-state index is 0.0106. The largest absolute Gasteiger partial charge is 0.307 e. The maximum absolute atomic E-state index is 12.3. The summed E-state index contributed by atoms with van der Waals surface area (Å²) in [5.74, 6) is -0.0106. The normalized spacial score (nSPS) is 11.1. The van der Waals surface area contributed by atoms with Crippen LogP contribution in [0.3, 0.4) is 0 Å². The molecule has 0 radical (unpaired) electrons. The number of pyridine rings is 1. The van der Waals surface area contributed by atoms with Crippen molar-refractivity contribution >= 4 is 38.5 Å². The van der Waals surface area contributed by atoms with Gasteiger partial charge in [-0.2, -0.15) is 0 Å². The van der Waals surface area contributed by atoms with Crippen molar-refractivity contribution in [1.29, 1.82) is 0 Å². The maximum atomic E-state index is 12.3. The van der Waals surface area contributed by atoms with E-state index in [-0.39, 0.29) is 17.9 Å². The first-order valence-corrected chi connectivity index (χ1v) is 7.93. The number of fused-ring (bicyclic) bond motifs is 1. The Morgan fingerprint density at radius 3 is 2.80 bits per heavy atom. The van der Waals surface area contributed by atoms with Gasteiger partial charge in [-0.1, -0.05) is 0 Å². The first-order chi connectivity index (χ1) is 9.56. The van der Waals surface area contributed by atoms with Gasteiger partial charge < -0.3 is 4.57 Å². The van der Waals surface area contributed by atoms with Gasteiger partial charge in [0.2, 0.25) is 0 Å². The van der Waals surface area contributed by atoms with Crippen molar-refractivity contribution in [3.8, 4) is 0 Å². The van der Waals surface area contributed by atoms with Crippen LogP contribution in [0.4, 0.5) is 0 Å². The molecule has 5 heteroatoms. The number of aryl methyl sites for hydroxylation is 2.